The summed E-state index contributed by atoms with van der Waals surface area (Å²) in [5.41, 5.74) is 2.87. The smallest absolute Gasteiger partial charge is 0.153 e. The van der Waals surface area contributed by atoms with E-state index in [2.05, 4.69) is 57.3 Å². The first kappa shape index (κ1) is 15.6. The number of halogens is 1. The Morgan fingerprint density at radius 1 is 1.14 bits per heavy atom. The Balaban J connectivity index is 1.75. The molecule has 0 saturated heterocycles. The third-order valence-corrected chi connectivity index (χ3v) is 9.88. The fourth-order valence-electron chi connectivity index (χ4n) is 5.11. The third-order valence-electron chi connectivity index (χ3n) is 6.61. The van der Waals surface area contributed by atoms with Gasteiger partial charge >= 0.3 is 0 Å². The fourth-order valence-corrected chi connectivity index (χ4v) is 8.13. The first-order valence-electron chi connectivity index (χ1n) is 8.53. The van der Waals surface area contributed by atoms with Crippen LogP contribution in [0.5, 0.6) is 0 Å². The molecule has 0 nitrogen and oxygen atoms in total. The van der Waals surface area contributed by atoms with Gasteiger partial charge in [-0.05, 0) is 60.0 Å². The summed E-state index contributed by atoms with van der Waals surface area (Å²) >= 11 is 6.91. The lowest BCUT2D eigenvalue weighted by Gasteiger charge is -2.64. The first-order valence-corrected chi connectivity index (χ1v) is 12.6. The van der Waals surface area contributed by atoms with Gasteiger partial charge in [0.1, 0.15) is 0 Å². The lowest BCUT2D eigenvalue weighted by Crippen LogP contribution is -2.57. The normalized spacial score (nSPS) is 34.3. The zero-order valence-corrected chi connectivity index (χ0v) is 15.7. The van der Waals surface area contributed by atoms with Crippen molar-refractivity contribution in [2.75, 3.05) is 0 Å². The highest BCUT2D eigenvalue weighted by Crippen LogP contribution is 2.67. The van der Waals surface area contributed by atoms with Crippen molar-refractivity contribution in [2.24, 2.45) is 23.2 Å². The van der Waals surface area contributed by atoms with Crippen molar-refractivity contribution in [3.8, 4) is 0 Å². The Morgan fingerprint density at radius 2 is 1.81 bits per heavy atom. The Labute approximate surface area is 136 Å². The molecule has 4 atom stereocenters. The minimum Gasteiger partial charge on any atom is -0.167 e. The van der Waals surface area contributed by atoms with E-state index in [0.29, 0.717) is 5.41 Å². The van der Waals surface area contributed by atoms with Gasteiger partial charge in [0.2, 0.25) is 0 Å². The second-order valence-electron chi connectivity index (χ2n) is 8.46. The van der Waals surface area contributed by atoms with Crippen molar-refractivity contribution in [3.63, 3.8) is 0 Å². The van der Waals surface area contributed by atoms with Gasteiger partial charge in [-0.3, -0.25) is 0 Å². The van der Waals surface area contributed by atoms with Crippen LogP contribution in [-0.2, 0) is 6.42 Å². The highest BCUT2D eigenvalue weighted by molar-refractivity contribution is 7.19. The summed E-state index contributed by atoms with van der Waals surface area (Å²) in [7, 11) is -1.56. The van der Waals surface area contributed by atoms with E-state index in [1.165, 1.54) is 31.2 Å². The standard InChI is InChI=1S/C19H29ClSi/c1-19(2)15-12-17(19)16(18(13-15)21(3,4)20)11-10-14-8-6-5-7-9-14/h5-9,15-18H,10-13H2,1-4H3. The SMILES string of the molecule is CC1(C)C2CC1C(CCc1ccccc1)C([Si](C)(C)Cl)C2. The van der Waals surface area contributed by atoms with Gasteiger partial charge in [0.25, 0.3) is 0 Å². The van der Waals surface area contributed by atoms with E-state index in [1.807, 2.05) is 0 Å². The second kappa shape index (κ2) is 5.42. The van der Waals surface area contributed by atoms with Crippen LogP contribution in [0.15, 0.2) is 30.3 Å². The molecule has 0 radical (unpaired) electrons. The highest BCUT2D eigenvalue weighted by Gasteiger charge is 2.59. The number of hydrogen-bond acceptors (Lipinski definition) is 0. The van der Waals surface area contributed by atoms with Crippen molar-refractivity contribution in [1.82, 2.24) is 0 Å². The molecule has 2 heteroatoms. The molecule has 0 spiro atoms. The van der Waals surface area contributed by atoms with Crippen LogP contribution in [0, 0.1) is 23.2 Å². The molecule has 0 aliphatic heterocycles. The molecule has 3 fully saturated rings. The van der Waals surface area contributed by atoms with Gasteiger partial charge in [-0.1, -0.05) is 57.3 Å². The van der Waals surface area contributed by atoms with Crippen LogP contribution in [0.25, 0.3) is 0 Å². The topological polar surface area (TPSA) is 0 Å². The molecule has 3 saturated carbocycles. The van der Waals surface area contributed by atoms with Crippen LogP contribution in [0.3, 0.4) is 0 Å². The van der Waals surface area contributed by atoms with Crippen LogP contribution < -0.4 is 0 Å². The van der Waals surface area contributed by atoms with Crippen LogP contribution in [0.1, 0.15) is 38.7 Å². The summed E-state index contributed by atoms with van der Waals surface area (Å²) in [4.78, 5) is 0. The molecule has 3 aliphatic rings. The third kappa shape index (κ3) is 2.84. The van der Waals surface area contributed by atoms with E-state index >= 15 is 0 Å². The summed E-state index contributed by atoms with van der Waals surface area (Å²) in [6, 6.07) is 11.0. The van der Waals surface area contributed by atoms with E-state index in [-0.39, 0.29) is 0 Å². The van der Waals surface area contributed by atoms with Gasteiger partial charge in [-0.15, -0.1) is 0 Å². The zero-order valence-electron chi connectivity index (χ0n) is 13.9. The first-order chi connectivity index (χ1) is 9.80. The molecule has 21 heavy (non-hydrogen) atoms. The summed E-state index contributed by atoms with van der Waals surface area (Å²) < 4.78 is 0. The van der Waals surface area contributed by atoms with E-state index in [9.17, 15) is 0 Å². The number of hydrogen-bond donors (Lipinski definition) is 0. The summed E-state index contributed by atoms with van der Waals surface area (Å²) in [5.74, 6) is 2.70. The van der Waals surface area contributed by atoms with Crippen molar-refractivity contribution >= 4 is 18.5 Å². The van der Waals surface area contributed by atoms with Crippen molar-refractivity contribution < 1.29 is 0 Å². The molecule has 4 rings (SSSR count). The number of rotatable bonds is 4. The molecule has 4 unspecified atom stereocenters. The van der Waals surface area contributed by atoms with Crippen LogP contribution in [-0.4, -0.2) is 7.38 Å². The van der Waals surface area contributed by atoms with Crippen LogP contribution in [0.4, 0.5) is 0 Å². The molecule has 1 aromatic carbocycles. The van der Waals surface area contributed by atoms with Crippen molar-refractivity contribution in [1.29, 1.82) is 0 Å². The molecule has 0 aromatic heterocycles. The number of fused-ring (bicyclic) bond motifs is 2. The minimum atomic E-state index is -1.56. The molecule has 2 bridgehead atoms. The maximum absolute atomic E-state index is 6.91. The van der Waals surface area contributed by atoms with Gasteiger partial charge in [0.05, 0.1) is 0 Å². The summed E-state index contributed by atoms with van der Waals surface area (Å²) in [6.45, 7) is 9.74. The molecule has 3 aliphatic carbocycles. The molecule has 116 valence electrons. The number of aryl methyl sites for hydroxylation is 1. The van der Waals surface area contributed by atoms with Gasteiger partial charge in [-0.25, -0.2) is 0 Å². The predicted molar refractivity (Wildman–Crippen MR) is 95.3 cm³/mol. The van der Waals surface area contributed by atoms with Crippen molar-refractivity contribution in [2.45, 2.75) is 58.2 Å². The maximum atomic E-state index is 6.91. The monoisotopic (exact) mass is 320 g/mol. The Bertz CT molecular complexity index is 488. The lowest BCUT2D eigenvalue weighted by molar-refractivity contribution is -0.107. The minimum absolute atomic E-state index is 0.564. The Kier molecular flexibility index (Phi) is 4.03. The quantitative estimate of drug-likeness (QED) is 0.463. The van der Waals surface area contributed by atoms with E-state index in [0.717, 1.165) is 23.3 Å². The Morgan fingerprint density at radius 3 is 2.38 bits per heavy atom. The van der Waals surface area contributed by atoms with Gasteiger partial charge in [0, 0.05) is 0 Å². The van der Waals surface area contributed by atoms with E-state index < -0.39 is 7.38 Å². The van der Waals surface area contributed by atoms with Crippen LogP contribution >= 0.6 is 11.1 Å². The van der Waals surface area contributed by atoms with Crippen LogP contribution in [0.2, 0.25) is 18.6 Å². The molecule has 0 N–H and O–H groups in total. The fraction of sp³-hybridized carbons (Fsp3) is 0.684. The van der Waals surface area contributed by atoms with Crippen molar-refractivity contribution in [3.05, 3.63) is 35.9 Å². The average molecular weight is 321 g/mol. The maximum Gasteiger partial charge on any atom is 0.153 e. The molecule has 1 aromatic rings. The van der Waals surface area contributed by atoms with E-state index in [1.54, 1.807) is 0 Å². The summed E-state index contributed by atoms with van der Waals surface area (Å²) in [5, 5.41) is 0. The molecular formula is C19H29ClSi. The molecule has 0 heterocycles. The molecule has 0 amide bonds. The van der Waals surface area contributed by atoms with Gasteiger partial charge < -0.3 is 0 Å². The highest BCUT2D eigenvalue weighted by atomic mass is 35.6. The molecular weight excluding hydrogens is 292 g/mol. The number of benzene rings is 1. The van der Waals surface area contributed by atoms with Gasteiger partial charge in [0.15, 0.2) is 7.38 Å². The summed E-state index contributed by atoms with van der Waals surface area (Å²) in [6.07, 6.45) is 5.41. The predicted octanol–water partition coefficient (Wildman–Crippen LogP) is 6.12. The van der Waals surface area contributed by atoms with Gasteiger partial charge in [-0.2, -0.15) is 11.1 Å². The largest absolute Gasteiger partial charge is 0.167 e. The second-order valence-corrected chi connectivity index (χ2v) is 15.2. The van der Waals surface area contributed by atoms with E-state index in [4.69, 9.17) is 11.1 Å². The average Bonchev–Trinajstić information content (AvgIpc) is 2.44. The lowest BCUT2D eigenvalue weighted by atomic mass is 9.45. The Hall–Kier alpha value is -0.273. The zero-order chi connectivity index (χ0) is 15.3.